The molecule has 0 atom stereocenters. The van der Waals surface area contributed by atoms with Gasteiger partial charge in [0.2, 0.25) is 0 Å². The van der Waals surface area contributed by atoms with Crippen LogP contribution in [0.1, 0.15) is 32.6 Å². The molecular formula is C14H30O7. The lowest BCUT2D eigenvalue weighted by molar-refractivity contribution is -0.137. The lowest BCUT2D eigenvalue weighted by Crippen LogP contribution is -2.11. The zero-order valence-corrected chi connectivity index (χ0v) is 13.0. The van der Waals surface area contributed by atoms with Gasteiger partial charge in [0.05, 0.1) is 52.9 Å². The third-order valence-electron chi connectivity index (χ3n) is 2.21. The van der Waals surface area contributed by atoms with Crippen LogP contribution in [0.5, 0.6) is 0 Å². The summed E-state index contributed by atoms with van der Waals surface area (Å²) in [6, 6.07) is 0. The molecule has 7 nitrogen and oxygen atoms in total. The van der Waals surface area contributed by atoms with Crippen molar-refractivity contribution in [3.8, 4) is 0 Å². The molecule has 0 rings (SSSR count). The van der Waals surface area contributed by atoms with Crippen LogP contribution in [-0.2, 0) is 19.0 Å². The summed E-state index contributed by atoms with van der Waals surface area (Å²) in [5.74, 6) is -0.682. The van der Waals surface area contributed by atoms with E-state index in [0.29, 0.717) is 46.1 Å². The molecule has 128 valence electrons. The van der Waals surface area contributed by atoms with Crippen LogP contribution in [-0.4, -0.2) is 74.1 Å². The molecule has 0 saturated carbocycles. The molecule has 0 aliphatic heterocycles. The van der Waals surface area contributed by atoms with Gasteiger partial charge in [0.15, 0.2) is 0 Å². The van der Waals surface area contributed by atoms with Crippen molar-refractivity contribution in [2.24, 2.45) is 0 Å². The number of carboxylic acid groups (broad SMARTS) is 1. The molecule has 3 N–H and O–H groups in total. The van der Waals surface area contributed by atoms with Gasteiger partial charge in [0, 0.05) is 6.42 Å². The standard InChI is InChI=1S/C8H18O5.C6H12O2/c9-1-3-11-5-7-13-8-6-12-4-2-10;1-2-3-4-5-6(7)8/h9-10H,1-8H2;2-5H2,1H3,(H,7,8). The Balaban J connectivity index is 0. The average molecular weight is 310 g/mol. The first-order chi connectivity index (χ1) is 10.2. The molecule has 0 heterocycles. The van der Waals surface area contributed by atoms with Gasteiger partial charge in [-0.3, -0.25) is 4.79 Å². The molecule has 0 bridgehead atoms. The molecule has 0 unspecified atom stereocenters. The molecule has 0 saturated heterocycles. The monoisotopic (exact) mass is 310 g/mol. The Labute approximate surface area is 126 Å². The predicted molar refractivity (Wildman–Crippen MR) is 78.4 cm³/mol. The van der Waals surface area contributed by atoms with Crippen LogP contribution in [0, 0.1) is 0 Å². The summed E-state index contributed by atoms with van der Waals surface area (Å²) in [5, 5.41) is 24.9. The normalized spacial score (nSPS) is 10.0. The van der Waals surface area contributed by atoms with Gasteiger partial charge in [-0.25, -0.2) is 0 Å². The summed E-state index contributed by atoms with van der Waals surface area (Å²) in [4.78, 5) is 9.87. The lowest BCUT2D eigenvalue weighted by Gasteiger charge is -2.04. The molecule has 21 heavy (non-hydrogen) atoms. The van der Waals surface area contributed by atoms with Gasteiger partial charge in [-0.15, -0.1) is 0 Å². The molecule has 0 aliphatic carbocycles. The van der Waals surface area contributed by atoms with Crippen molar-refractivity contribution in [1.82, 2.24) is 0 Å². The smallest absolute Gasteiger partial charge is 0.303 e. The van der Waals surface area contributed by atoms with Crippen LogP contribution in [0.4, 0.5) is 0 Å². The molecule has 0 aliphatic rings. The van der Waals surface area contributed by atoms with E-state index in [0.717, 1.165) is 19.3 Å². The Hall–Kier alpha value is -0.730. The second-order valence-corrected chi connectivity index (χ2v) is 4.14. The number of hydrogen-bond acceptors (Lipinski definition) is 6. The van der Waals surface area contributed by atoms with Gasteiger partial charge in [-0.05, 0) is 6.42 Å². The van der Waals surface area contributed by atoms with Crippen molar-refractivity contribution in [3.05, 3.63) is 0 Å². The van der Waals surface area contributed by atoms with E-state index in [2.05, 4.69) is 6.92 Å². The van der Waals surface area contributed by atoms with Gasteiger partial charge >= 0.3 is 5.97 Å². The minimum Gasteiger partial charge on any atom is -0.481 e. The van der Waals surface area contributed by atoms with Crippen molar-refractivity contribution in [2.45, 2.75) is 32.6 Å². The third kappa shape index (κ3) is 28.2. The Kier molecular flexibility index (Phi) is 23.2. The molecule has 0 aromatic rings. The number of carboxylic acids is 1. The third-order valence-corrected chi connectivity index (χ3v) is 2.21. The number of hydrogen-bond donors (Lipinski definition) is 3. The van der Waals surface area contributed by atoms with Crippen molar-refractivity contribution < 1.29 is 34.3 Å². The van der Waals surface area contributed by atoms with Gasteiger partial charge in [0.1, 0.15) is 0 Å². The second kappa shape index (κ2) is 21.6. The van der Waals surface area contributed by atoms with Crippen LogP contribution in [0.3, 0.4) is 0 Å². The van der Waals surface area contributed by atoms with E-state index in [9.17, 15) is 4.79 Å². The summed E-state index contributed by atoms with van der Waals surface area (Å²) in [6.45, 7) is 4.82. The van der Waals surface area contributed by atoms with Crippen LogP contribution >= 0.6 is 0 Å². The number of unbranched alkanes of at least 4 members (excludes halogenated alkanes) is 2. The summed E-state index contributed by atoms with van der Waals surface area (Å²) in [7, 11) is 0. The Morgan fingerprint density at radius 1 is 0.810 bits per heavy atom. The van der Waals surface area contributed by atoms with Crippen molar-refractivity contribution in [3.63, 3.8) is 0 Å². The Morgan fingerprint density at radius 3 is 1.57 bits per heavy atom. The van der Waals surface area contributed by atoms with E-state index < -0.39 is 5.97 Å². The molecule has 0 spiro atoms. The van der Waals surface area contributed by atoms with Crippen LogP contribution in [0.2, 0.25) is 0 Å². The zero-order valence-electron chi connectivity index (χ0n) is 13.0. The number of carbonyl (C=O) groups is 1. The number of aliphatic carboxylic acids is 1. The number of aliphatic hydroxyl groups excluding tert-OH is 2. The molecule has 0 amide bonds. The summed E-state index contributed by atoms with van der Waals surface area (Å²) >= 11 is 0. The van der Waals surface area contributed by atoms with Crippen molar-refractivity contribution in [2.75, 3.05) is 52.9 Å². The van der Waals surface area contributed by atoms with Crippen LogP contribution in [0.25, 0.3) is 0 Å². The van der Waals surface area contributed by atoms with E-state index in [1.807, 2.05) is 0 Å². The van der Waals surface area contributed by atoms with Crippen LogP contribution < -0.4 is 0 Å². The van der Waals surface area contributed by atoms with Crippen LogP contribution in [0.15, 0.2) is 0 Å². The highest BCUT2D eigenvalue weighted by Crippen LogP contribution is 1.97. The lowest BCUT2D eigenvalue weighted by atomic mass is 10.2. The fourth-order valence-electron chi connectivity index (χ4n) is 1.20. The second-order valence-electron chi connectivity index (χ2n) is 4.14. The minimum absolute atomic E-state index is 0.0413. The average Bonchev–Trinajstić information content (AvgIpc) is 2.46. The quantitative estimate of drug-likeness (QED) is 0.405. The topological polar surface area (TPSA) is 105 Å². The summed E-state index contributed by atoms with van der Waals surface area (Å²) < 4.78 is 15.0. The van der Waals surface area contributed by atoms with Gasteiger partial charge in [0.25, 0.3) is 0 Å². The van der Waals surface area contributed by atoms with Gasteiger partial charge in [-0.1, -0.05) is 19.8 Å². The van der Waals surface area contributed by atoms with Crippen molar-refractivity contribution >= 4 is 5.97 Å². The first-order valence-corrected chi connectivity index (χ1v) is 7.35. The van der Waals surface area contributed by atoms with E-state index in [1.165, 1.54) is 0 Å². The van der Waals surface area contributed by atoms with Gasteiger partial charge < -0.3 is 29.5 Å². The number of aliphatic hydroxyl groups is 2. The maximum Gasteiger partial charge on any atom is 0.303 e. The van der Waals surface area contributed by atoms with E-state index in [-0.39, 0.29) is 13.2 Å². The molecule has 0 aromatic heterocycles. The fraction of sp³-hybridized carbons (Fsp3) is 0.929. The fourth-order valence-corrected chi connectivity index (χ4v) is 1.20. The first kappa shape index (κ1) is 22.5. The van der Waals surface area contributed by atoms with Gasteiger partial charge in [-0.2, -0.15) is 0 Å². The highest BCUT2D eigenvalue weighted by atomic mass is 16.5. The summed E-state index contributed by atoms with van der Waals surface area (Å²) in [6.07, 6.45) is 3.28. The Bertz CT molecular complexity index is 190. The minimum atomic E-state index is -0.682. The molecule has 7 heteroatoms. The first-order valence-electron chi connectivity index (χ1n) is 7.35. The molecular weight excluding hydrogens is 280 g/mol. The molecule has 0 fully saturated rings. The summed E-state index contributed by atoms with van der Waals surface area (Å²) in [5.41, 5.74) is 0. The predicted octanol–water partition coefficient (Wildman–Crippen LogP) is 0.672. The highest BCUT2D eigenvalue weighted by molar-refractivity contribution is 5.66. The van der Waals surface area contributed by atoms with E-state index in [1.54, 1.807) is 0 Å². The zero-order chi connectivity index (χ0) is 16.2. The Morgan fingerprint density at radius 2 is 1.24 bits per heavy atom. The SMILES string of the molecule is CCCCCC(=O)O.OCCOCCOCCOCCO. The molecule has 0 radical (unpaired) electrons. The molecule has 0 aromatic carbocycles. The number of ether oxygens (including phenoxy) is 3. The highest BCUT2D eigenvalue weighted by Gasteiger charge is 1.93. The largest absolute Gasteiger partial charge is 0.481 e. The maximum absolute atomic E-state index is 9.87. The maximum atomic E-state index is 9.87. The van der Waals surface area contributed by atoms with E-state index >= 15 is 0 Å². The number of rotatable bonds is 14. The van der Waals surface area contributed by atoms with Crippen molar-refractivity contribution in [1.29, 1.82) is 0 Å². The van der Waals surface area contributed by atoms with E-state index in [4.69, 9.17) is 29.5 Å².